The van der Waals surface area contributed by atoms with Gasteiger partial charge in [0.1, 0.15) is 0 Å². The lowest BCUT2D eigenvalue weighted by atomic mass is 9.83. The van der Waals surface area contributed by atoms with Crippen molar-refractivity contribution >= 4 is 11.8 Å². The van der Waals surface area contributed by atoms with Crippen LogP contribution in [0.25, 0.3) is 0 Å². The van der Waals surface area contributed by atoms with Gasteiger partial charge in [-0.15, -0.1) is 0 Å². The third kappa shape index (κ3) is 4.99. The Morgan fingerprint density at radius 3 is 2.57 bits per heavy atom. The molecule has 0 aromatic carbocycles. The molecule has 2 rings (SSSR count). The topological polar surface area (TPSA) is 66.6 Å². The molecule has 2 N–H and O–H groups in total. The Balaban J connectivity index is 1.68. The second kappa shape index (κ2) is 7.78. The average molecular weight is 295 g/mol. The molecule has 0 radical (unpaired) electrons. The molecule has 0 spiro atoms. The van der Waals surface area contributed by atoms with Gasteiger partial charge >= 0.3 is 0 Å². The molecule has 2 amide bonds. The first-order chi connectivity index (χ1) is 10.1. The van der Waals surface area contributed by atoms with Crippen LogP contribution in [-0.4, -0.2) is 54.3 Å². The molecule has 0 bridgehead atoms. The number of nitrogens with two attached hydrogens (primary N) is 1. The van der Waals surface area contributed by atoms with Gasteiger partial charge in [0.25, 0.3) is 0 Å². The van der Waals surface area contributed by atoms with Gasteiger partial charge in [-0.1, -0.05) is 12.8 Å². The van der Waals surface area contributed by atoms with Gasteiger partial charge in [0, 0.05) is 32.6 Å². The van der Waals surface area contributed by atoms with Crippen LogP contribution in [0.2, 0.25) is 0 Å². The van der Waals surface area contributed by atoms with E-state index in [4.69, 9.17) is 5.73 Å². The van der Waals surface area contributed by atoms with Gasteiger partial charge in [-0.3, -0.25) is 9.59 Å². The molecular formula is C16H29N3O2. The van der Waals surface area contributed by atoms with Crippen molar-refractivity contribution in [1.29, 1.82) is 0 Å². The summed E-state index contributed by atoms with van der Waals surface area (Å²) in [6, 6.07) is 0.313. The van der Waals surface area contributed by atoms with Crippen LogP contribution >= 0.6 is 0 Å². The highest BCUT2D eigenvalue weighted by Gasteiger charge is 2.23. The number of carbonyl (C=O) groups is 2. The highest BCUT2D eigenvalue weighted by molar-refractivity contribution is 5.84. The van der Waals surface area contributed by atoms with Gasteiger partial charge in [-0.2, -0.15) is 0 Å². The Hall–Kier alpha value is -1.10. The summed E-state index contributed by atoms with van der Waals surface area (Å²) in [6.07, 6.45) is 8.17. The van der Waals surface area contributed by atoms with E-state index in [1.54, 1.807) is 11.9 Å². The summed E-state index contributed by atoms with van der Waals surface area (Å²) in [6.45, 7) is 1.92. The maximum atomic E-state index is 12.1. The first-order valence-electron chi connectivity index (χ1n) is 8.33. The molecule has 21 heavy (non-hydrogen) atoms. The highest BCUT2D eigenvalue weighted by atomic mass is 16.2. The number of hydrogen-bond acceptors (Lipinski definition) is 3. The molecule has 2 atom stereocenters. The van der Waals surface area contributed by atoms with E-state index in [1.807, 2.05) is 4.90 Å². The summed E-state index contributed by atoms with van der Waals surface area (Å²) >= 11 is 0. The Bertz CT molecular complexity index is 367. The Kier molecular flexibility index (Phi) is 6.03. The quantitative estimate of drug-likeness (QED) is 0.833. The Morgan fingerprint density at radius 2 is 1.90 bits per heavy atom. The van der Waals surface area contributed by atoms with E-state index in [9.17, 15) is 9.59 Å². The maximum Gasteiger partial charge on any atom is 0.242 e. The second-order valence-corrected chi connectivity index (χ2v) is 6.67. The molecule has 5 nitrogen and oxygen atoms in total. The lowest BCUT2D eigenvalue weighted by Gasteiger charge is -2.27. The largest absolute Gasteiger partial charge is 0.341 e. The predicted octanol–water partition coefficient (Wildman–Crippen LogP) is 1.36. The third-order valence-corrected chi connectivity index (χ3v) is 4.85. The molecule has 0 aromatic heterocycles. The van der Waals surface area contributed by atoms with E-state index >= 15 is 0 Å². The fourth-order valence-electron chi connectivity index (χ4n) is 3.47. The third-order valence-electron chi connectivity index (χ3n) is 4.85. The molecule has 2 aliphatic rings. The summed E-state index contributed by atoms with van der Waals surface area (Å²) < 4.78 is 0. The van der Waals surface area contributed by atoms with E-state index in [1.165, 1.54) is 12.8 Å². The van der Waals surface area contributed by atoms with Gasteiger partial charge in [0.05, 0.1) is 6.54 Å². The van der Waals surface area contributed by atoms with Crippen molar-refractivity contribution in [2.75, 3.05) is 26.7 Å². The number of hydrogen-bond donors (Lipinski definition) is 1. The molecular weight excluding hydrogens is 266 g/mol. The van der Waals surface area contributed by atoms with Crippen molar-refractivity contribution < 1.29 is 9.59 Å². The van der Waals surface area contributed by atoms with Crippen LogP contribution < -0.4 is 5.73 Å². The summed E-state index contributed by atoms with van der Waals surface area (Å²) in [5.41, 5.74) is 5.98. The van der Waals surface area contributed by atoms with Crippen molar-refractivity contribution in [3.8, 4) is 0 Å². The van der Waals surface area contributed by atoms with E-state index in [-0.39, 0.29) is 18.4 Å². The van der Waals surface area contributed by atoms with Crippen molar-refractivity contribution in [2.24, 2.45) is 11.7 Å². The highest BCUT2D eigenvalue weighted by Crippen LogP contribution is 2.27. The van der Waals surface area contributed by atoms with Crippen LogP contribution in [-0.2, 0) is 9.59 Å². The Labute approximate surface area is 127 Å². The van der Waals surface area contributed by atoms with Crippen molar-refractivity contribution in [3.63, 3.8) is 0 Å². The fourth-order valence-corrected chi connectivity index (χ4v) is 3.47. The minimum atomic E-state index is 0.0849. The first-order valence-corrected chi connectivity index (χ1v) is 8.33. The fraction of sp³-hybridized carbons (Fsp3) is 0.875. The molecule has 5 heteroatoms. The van der Waals surface area contributed by atoms with E-state index < -0.39 is 0 Å². The van der Waals surface area contributed by atoms with Crippen LogP contribution in [0.1, 0.15) is 51.4 Å². The lowest BCUT2D eigenvalue weighted by molar-refractivity contribution is -0.139. The van der Waals surface area contributed by atoms with Gasteiger partial charge in [0.2, 0.25) is 11.8 Å². The molecule has 1 saturated carbocycles. The van der Waals surface area contributed by atoms with Crippen LogP contribution in [0.15, 0.2) is 0 Å². The van der Waals surface area contributed by atoms with E-state index in [2.05, 4.69) is 0 Å². The normalized spacial score (nSPS) is 25.9. The van der Waals surface area contributed by atoms with Crippen LogP contribution in [0.5, 0.6) is 0 Å². The zero-order valence-electron chi connectivity index (χ0n) is 13.2. The molecule has 120 valence electrons. The molecule has 1 aliphatic carbocycles. The monoisotopic (exact) mass is 295 g/mol. The zero-order valence-corrected chi connectivity index (χ0v) is 13.2. The molecule has 2 fully saturated rings. The number of amides is 2. The smallest absolute Gasteiger partial charge is 0.242 e. The van der Waals surface area contributed by atoms with E-state index in [0.29, 0.717) is 18.4 Å². The molecule has 2 unspecified atom stereocenters. The molecule has 1 heterocycles. The minimum Gasteiger partial charge on any atom is -0.341 e. The van der Waals surface area contributed by atoms with Crippen molar-refractivity contribution in [1.82, 2.24) is 9.80 Å². The van der Waals surface area contributed by atoms with Crippen LogP contribution in [0, 0.1) is 5.92 Å². The number of nitrogens with zero attached hydrogens (tertiary/aromatic N) is 2. The second-order valence-electron chi connectivity index (χ2n) is 6.67. The summed E-state index contributed by atoms with van der Waals surface area (Å²) in [7, 11) is 1.74. The lowest BCUT2D eigenvalue weighted by Crippen LogP contribution is -2.40. The Morgan fingerprint density at radius 1 is 1.19 bits per heavy atom. The van der Waals surface area contributed by atoms with Crippen molar-refractivity contribution in [3.05, 3.63) is 0 Å². The number of rotatable bonds is 5. The summed E-state index contributed by atoms with van der Waals surface area (Å²) in [5.74, 6) is 0.755. The average Bonchev–Trinajstić information content (AvgIpc) is 2.99. The number of carbonyl (C=O) groups excluding carboxylic acids is 2. The summed E-state index contributed by atoms with van der Waals surface area (Å²) in [5, 5.41) is 0. The van der Waals surface area contributed by atoms with Gasteiger partial charge < -0.3 is 15.5 Å². The maximum absolute atomic E-state index is 12.1. The molecule has 1 saturated heterocycles. The van der Waals surface area contributed by atoms with Crippen LogP contribution in [0.4, 0.5) is 0 Å². The molecule has 0 aromatic rings. The predicted molar refractivity (Wildman–Crippen MR) is 82.6 cm³/mol. The van der Waals surface area contributed by atoms with E-state index in [0.717, 1.165) is 45.2 Å². The number of likely N-dealkylation sites (N-methyl/N-ethyl adjacent to an activating group) is 1. The number of likely N-dealkylation sites (tertiary alicyclic amines) is 1. The van der Waals surface area contributed by atoms with Gasteiger partial charge in [0.15, 0.2) is 0 Å². The van der Waals surface area contributed by atoms with Gasteiger partial charge in [-0.05, 0) is 38.0 Å². The van der Waals surface area contributed by atoms with Crippen LogP contribution in [0.3, 0.4) is 0 Å². The first kappa shape index (κ1) is 16.3. The molecule has 1 aliphatic heterocycles. The SMILES string of the molecule is CN(CC(=O)N1CCCC1)C(=O)CCC1CCCC(N)C1. The minimum absolute atomic E-state index is 0.0849. The zero-order chi connectivity index (χ0) is 15.2. The summed E-state index contributed by atoms with van der Waals surface area (Å²) in [4.78, 5) is 27.6. The van der Waals surface area contributed by atoms with Crippen molar-refractivity contribution in [2.45, 2.75) is 57.4 Å². The standard InChI is InChI=1S/C16H29N3O2/c1-18(12-16(21)19-9-2-3-10-19)15(20)8-7-13-5-4-6-14(17)11-13/h13-14H,2-12,17H2,1H3. The van der Waals surface area contributed by atoms with Gasteiger partial charge in [-0.25, -0.2) is 0 Å².